The lowest BCUT2D eigenvalue weighted by Gasteiger charge is -2.19. The molecule has 2 N–H and O–H groups in total. The van der Waals surface area contributed by atoms with Crippen LogP contribution in [0.3, 0.4) is 0 Å². The first-order valence-corrected chi connectivity index (χ1v) is 4.44. The van der Waals surface area contributed by atoms with E-state index in [9.17, 15) is 4.79 Å². The largest absolute Gasteiger partial charge is 0.380 e. The summed E-state index contributed by atoms with van der Waals surface area (Å²) in [6, 6.07) is 3.65. The van der Waals surface area contributed by atoms with Gasteiger partial charge < -0.3 is 15.4 Å². The number of hydrogen-bond donors (Lipinski definition) is 1. The van der Waals surface area contributed by atoms with E-state index in [-0.39, 0.29) is 38.1 Å². The van der Waals surface area contributed by atoms with E-state index in [0.29, 0.717) is 0 Å². The van der Waals surface area contributed by atoms with Crippen LogP contribution in [0.15, 0.2) is 0 Å². The zero-order valence-electron chi connectivity index (χ0n) is 8.64. The standard InChI is InChI=1S/C9H14N4O2/c1-15-8(7-12)6-9(14)13(4-2-10)5-3-11/h8H,4-7,12H2,1H3. The summed E-state index contributed by atoms with van der Waals surface area (Å²) in [4.78, 5) is 12.7. The highest BCUT2D eigenvalue weighted by Gasteiger charge is 2.17. The number of methoxy groups -OCH3 is 1. The molecule has 0 heterocycles. The smallest absolute Gasteiger partial charge is 0.226 e. The Bertz CT molecular complexity index is 259. The maximum atomic E-state index is 11.5. The predicted molar refractivity (Wildman–Crippen MR) is 52.3 cm³/mol. The van der Waals surface area contributed by atoms with Crippen molar-refractivity contribution in [1.29, 1.82) is 10.5 Å². The zero-order valence-corrected chi connectivity index (χ0v) is 8.64. The van der Waals surface area contributed by atoms with Crippen LogP contribution in [0.25, 0.3) is 0 Å². The van der Waals surface area contributed by atoms with E-state index in [1.807, 2.05) is 12.1 Å². The lowest BCUT2D eigenvalue weighted by atomic mass is 10.2. The second kappa shape index (κ2) is 7.74. The van der Waals surface area contributed by atoms with E-state index in [1.54, 1.807) is 0 Å². The average Bonchev–Trinajstić information content (AvgIpc) is 2.25. The summed E-state index contributed by atoms with van der Waals surface area (Å²) >= 11 is 0. The molecule has 82 valence electrons. The number of nitrogens with two attached hydrogens (primary N) is 1. The van der Waals surface area contributed by atoms with Gasteiger partial charge in [0.25, 0.3) is 0 Å². The van der Waals surface area contributed by atoms with Crippen molar-refractivity contribution in [2.75, 3.05) is 26.7 Å². The van der Waals surface area contributed by atoms with Crippen LogP contribution in [-0.4, -0.2) is 43.7 Å². The van der Waals surface area contributed by atoms with Gasteiger partial charge in [-0.3, -0.25) is 4.79 Å². The molecule has 1 atom stereocenters. The molecule has 0 radical (unpaired) electrons. The first-order valence-electron chi connectivity index (χ1n) is 4.44. The Morgan fingerprint density at radius 2 is 2.00 bits per heavy atom. The number of ether oxygens (including phenoxy) is 1. The molecule has 0 aromatic rings. The summed E-state index contributed by atoms with van der Waals surface area (Å²) in [5, 5.41) is 16.9. The third-order valence-corrected chi connectivity index (χ3v) is 1.87. The van der Waals surface area contributed by atoms with Crippen LogP contribution in [0, 0.1) is 22.7 Å². The highest BCUT2D eigenvalue weighted by molar-refractivity contribution is 5.77. The first-order chi connectivity index (χ1) is 7.19. The van der Waals surface area contributed by atoms with Crippen molar-refractivity contribution >= 4 is 5.91 Å². The van der Waals surface area contributed by atoms with E-state index in [0.717, 1.165) is 0 Å². The van der Waals surface area contributed by atoms with Crippen LogP contribution in [0.2, 0.25) is 0 Å². The molecule has 0 saturated heterocycles. The summed E-state index contributed by atoms with van der Waals surface area (Å²) in [5.74, 6) is -0.296. The summed E-state index contributed by atoms with van der Waals surface area (Å²) in [6.45, 7) is 0.0516. The molecular formula is C9H14N4O2. The Morgan fingerprint density at radius 1 is 1.47 bits per heavy atom. The summed E-state index contributed by atoms with van der Waals surface area (Å²) in [5.41, 5.74) is 5.35. The molecule has 1 unspecified atom stereocenters. The lowest BCUT2D eigenvalue weighted by Crippen LogP contribution is -2.36. The van der Waals surface area contributed by atoms with Gasteiger partial charge >= 0.3 is 0 Å². The first kappa shape index (κ1) is 13.4. The summed E-state index contributed by atoms with van der Waals surface area (Å²) < 4.78 is 4.94. The number of nitrogens with zero attached hydrogens (tertiary/aromatic N) is 3. The van der Waals surface area contributed by atoms with Gasteiger partial charge in [-0.2, -0.15) is 10.5 Å². The number of carbonyl (C=O) groups excluding carboxylic acids is 1. The third-order valence-electron chi connectivity index (χ3n) is 1.87. The molecule has 0 aromatic heterocycles. The fourth-order valence-electron chi connectivity index (χ4n) is 0.990. The fraction of sp³-hybridized carbons (Fsp3) is 0.667. The van der Waals surface area contributed by atoms with E-state index >= 15 is 0 Å². The molecule has 0 aliphatic rings. The van der Waals surface area contributed by atoms with Crippen molar-refractivity contribution in [2.45, 2.75) is 12.5 Å². The Kier molecular flexibility index (Phi) is 6.90. The second-order valence-corrected chi connectivity index (χ2v) is 2.86. The van der Waals surface area contributed by atoms with Crippen molar-refractivity contribution in [3.63, 3.8) is 0 Å². The number of hydrogen-bond acceptors (Lipinski definition) is 5. The van der Waals surface area contributed by atoms with Crippen molar-refractivity contribution in [3.05, 3.63) is 0 Å². The maximum absolute atomic E-state index is 11.5. The average molecular weight is 210 g/mol. The van der Waals surface area contributed by atoms with E-state index in [2.05, 4.69) is 0 Å². The van der Waals surface area contributed by atoms with Gasteiger partial charge in [0.15, 0.2) is 0 Å². The van der Waals surface area contributed by atoms with Crippen LogP contribution in [-0.2, 0) is 9.53 Å². The highest BCUT2D eigenvalue weighted by atomic mass is 16.5. The minimum Gasteiger partial charge on any atom is -0.380 e. The van der Waals surface area contributed by atoms with Gasteiger partial charge in [-0.05, 0) is 0 Å². The van der Waals surface area contributed by atoms with Crippen LogP contribution < -0.4 is 5.73 Å². The van der Waals surface area contributed by atoms with Crippen molar-refractivity contribution < 1.29 is 9.53 Å². The van der Waals surface area contributed by atoms with Crippen LogP contribution in [0.4, 0.5) is 0 Å². The number of amides is 1. The zero-order chi connectivity index (χ0) is 11.7. The molecule has 0 fully saturated rings. The van der Waals surface area contributed by atoms with Crippen LogP contribution in [0.5, 0.6) is 0 Å². The van der Waals surface area contributed by atoms with Crippen molar-refractivity contribution in [2.24, 2.45) is 5.73 Å². The fourth-order valence-corrected chi connectivity index (χ4v) is 0.990. The quantitative estimate of drug-likeness (QED) is 0.579. The highest BCUT2D eigenvalue weighted by Crippen LogP contribution is 2.00. The minimum atomic E-state index is -0.364. The van der Waals surface area contributed by atoms with Gasteiger partial charge in [0.2, 0.25) is 5.91 Å². The molecule has 0 aliphatic heterocycles. The van der Waals surface area contributed by atoms with E-state index in [4.69, 9.17) is 21.0 Å². The van der Waals surface area contributed by atoms with Crippen molar-refractivity contribution in [1.82, 2.24) is 4.90 Å². The normalized spacial score (nSPS) is 11.2. The Hall–Kier alpha value is -1.63. The molecule has 0 bridgehead atoms. The van der Waals surface area contributed by atoms with Gasteiger partial charge in [-0.15, -0.1) is 0 Å². The molecule has 15 heavy (non-hydrogen) atoms. The number of nitriles is 2. The maximum Gasteiger partial charge on any atom is 0.226 e. The Balaban J connectivity index is 4.26. The Labute approximate surface area is 88.8 Å². The topological polar surface area (TPSA) is 103 Å². The molecule has 6 heteroatoms. The summed E-state index contributed by atoms with van der Waals surface area (Å²) in [6.07, 6.45) is -0.270. The van der Waals surface area contributed by atoms with E-state index < -0.39 is 0 Å². The second-order valence-electron chi connectivity index (χ2n) is 2.86. The lowest BCUT2D eigenvalue weighted by molar-refractivity contribution is -0.132. The van der Waals surface area contributed by atoms with Gasteiger partial charge in [-0.1, -0.05) is 0 Å². The molecule has 0 aromatic carbocycles. The molecule has 6 nitrogen and oxygen atoms in total. The molecular weight excluding hydrogens is 196 g/mol. The monoisotopic (exact) mass is 210 g/mol. The predicted octanol–water partition coefficient (Wildman–Crippen LogP) is -0.774. The number of carbonyl (C=O) groups is 1. The molecule has 0 aliphatic carbocycles. The Morgan fingerprint density at radius 3 is 2.33 bits per heavy atom. The molecule has 1 amide bonds. The summed E-state index contributed by atoms with van der Waals surface area (Å²) in [7, 11) is 1.46. The van der Waals surface area contributed by atoms with Gasteiger partial charge in [0, 0.05) is 13.7 Å². The van der Waals surface area contributed by atoms with Gasteiger partial charge in [0.05, 0.1) is 24.7 Å². The third kappa shape index (κ3) is 4.96. The van der Waals surface area contributed by atoms with Gasteiger partial charge in [0.1, 0.15) is 13.1 Å². The SMILES string of the molecule is COC(CN)CC(=O)N(CC#N)CC#N. The number of rotatable bonds is 6. The van der Waals surface area contributed by atoms with E-state index in [1.165, 1.54) is 12.0 Å². The molecule has 0 spiro atoms. The molecule has 0 saturated carbocycles. The van der Waals surface area contributed by atoms with Crippen molar-refractivity contribution in [3.8, 4) is 12.1 Å². The van der Waals surface area contributed by atoms with Crippen LogP contribution >= 0.6 is 0 Å². The molecule has 0 rings (SSSR count). The minimum absolute atomic E-state index is 0.0899. The van der Waals surface area contributed by atoms with Crippen LogP contribution in [0.1, 0.15) is 6.42 Å². The van der Waals surface area contributed by atoms with Gasteiger partial charge in [-0.25, -0.2) is 0 Å².